The van der Waals surface area contributed by atoms with Crippen molar-refractivity contribution in [3.8, 4) is 11.5 Å². The van der Waals surface area contributed by atoms with Crippen LogP contribution in [0.2, 0.25) is 0 Å². The highest BCUT2D eigenvalue weighted by Crippen LogP contribution is 2.44. The minimum absolute atomic E-state index is 0.222. The molecule has 5 heteroatoms. The Kier molecular flexibility index (Phi) is 3.81. The summed E-state index contributed by atoms with van der Waals surface area (Å²) in [4.78, 5) is 2.26. The Labute approximate surface area is 118 Å². The lowest BCUT2D eigenvalue weighted by Gasteiger charge is -2.23. The predicted octanol–water partition coefficient (Wildman–Crippen LogP) is 1.94. The molecule has 0 aromatic heterocycles. The van der Waals surface area contributed by atoms with E-state index in [1.165, 1.54) is 6.07 Å². The van der Waals surface area contributed by atoms with Gasteiger partial charge >= 0.3 is 0 Å². The summed E-state index contributed by atoms with van der Waals surface area (Å²) in [7, 11) is 2.08. The number of ether oxygens (including phenoxy) is 2. The van der Waals surface area contributed by atoms with Crippen LogP contribution in [-0.2, 0) is 0 Å². The van der Waals surface area contributed by atoms with Crippen molar-refractivity contribution in [1.82, 2.24) is 4.90 Å². The van der Waals surface area contributed by atoms with Crippen molar-refractivity contribution in [2.45, 2.75) is 18.9 Å². The van der Waals surface area contributed by atoms with Crippen molar-refractivity contribution in [3.05, 3.63) is 23.5 Å². The van der Waals surface area contributed by atoms with Crippen LogP contribution in [0.15, 0.2) is 12.1 Å². The molecular formula is C15H21FN2O2. The zero-order valence-corrected chi connectivity index (χ0v) is 11.8. The molecule has 2 aliphatic heterocycles. The number of halogens is 1. The molecule has 2 N–H and O–H groups in total. The molecule has 3 rings (SSSR count). The molecule has 0 bridgehead atoms. The number of nitrogens with zero attached hydrogens (tertiary/aromatic N) is 1. The second-order valence-electron chi connectivity index (χ2n) is 5.64. The lowest BCUT2D eigenvalue weighted by Crippen LogP contribution is -2.21. The average Bonchev–Trinajstić information content (AvgIpc) is 2.66. The zero-order valence-electron chi connectivity index (χ0n) is 11.8. The molecule has 1 aromatic carbocycles. The molecule has 0 radical (unpaired) electrons. The van der Waals surface area contributed by atoms with Crippen molar-refractivity contribution >= 4 is 0 Å². The van der Waals surface area contributed by atoms with E-state index in [0.717, 1.165) is 24.9 Å². The van der Waals surface area contributed by atoms with Crippen LogP contribution in [0.1, 0.15) is 24.4 Å². The van der Waals surface area contributed by atoms with E-state index in [1.54, 1.807) is 0 Å². The van der Waals surface area contributed by atoms with E-state index >= 15 is 0 Å². The standard InChI is InChI=1S/C15H21FN2O2/c1-18-9-10(8-17)7-13(18)11-3-4-12(16)15-14(11)19-5-2-6-20-15/h3-4,10,13H,2,5-9,17H2,1H3. The maximum Gasteiger partial charge on any atom is 0.197 e. The van der Waals surface area contributed by atoms with Crippen LogP contribution in [0.3, 0.4) is 0 Å². The molecule has 0 saturated carbocycles. The number of rotatable bonds is 2. The summed E-state index contributed by atoms with van der Waals surface area (Å²) in [6, 6.07) is 3.52. The molecule has 2 atom stereocenters. The van der Waals surface area contributed by atoms with Crippen molar-refractivity contribution in [2.75, 3.05) is 33.4 Å². The maximum absolute atomic E-state index is 13.9. The highest BCUT2D eigenvalue weighted by molar-refractivity contribution is 5.49. The second kappa shape index (κ2) is 5.58. The molecule has 4 nitrogen and oxygen atoms in total. The molecule has 2 heterocycles. The number of benzene rings is 1. The Morgan fingerprint density at radius 1 is 1.30 bits per heavy atom. The van der Waals surface area contributed by atoms with Crippen LogP contribution in [0.4, 0.5) is 4.39 Å². The van der Waals surface area contributed by atoms with Crippen LogP contribution in [0.5, 0.6) is 11.5 Å². The van der Waals surface area contributed by atoms with Gasteiger partial charge in [-0.3, -0.25) is 4.90 Å². The van der Waals surface area contributed by atoms with Gasteiger partial charge in [-0.1, -0.05) is 6.07 Å². The van der Waals surface area contributed by atoms with Gasteiger partial charge in [0.05, 0.1) is 13.2 Å². The number of nitrogens with two attached hydrogens (primary N) is 1. The number of hydrogen-bond acceptors (Lipinski definition) is 4. The van der Waals surface area contributed by atoms with E-state index in [-0.39, 0.29) is 17.6 Å². The second-order valence-corrected chi connectivity index (χ2v) is 5.64. The monoisotopic (exact) mass is 280 g/mol. The fraction of sp³-hybridized carbons (Fsp3) is 0.600. The van der Waals surface area contributed by atoms with Crippen LogP contribution >= 0.6 is 0 Å². The van der Waals surface area contributed by atoms with Crippen molar-refractivity contribution in [3.63, 3.8) is 0 Å². The Bertz CT molecular complexity index is 495. The van der Waals surface area contributed by atoms with Crippen LogP contribution in [0.25, 0.3) is 0 Å². The highest BCUT2D eigenvalue weighted by atomic mass is 19.1. The third kappa shape index (κ3) is 2.36. The summed E-state index contributed by atoms with van der Waals surface area (Å²) in [5.74, 6) is 0.987. The SMILES string of the molecule is CN1CC(CN)CC1c1ccc(F)c2c1OCCCO2. The molecule has 1 fully saturated rings. The molecular weight excluding hydrogens is 259 g/mol. The molecule has 0 amide bonds. The third-order valence-corrected chi connectivity index (χ3v) is 4.20. The fourth-order valence-corrected chi connectivity index (χ4v) is 3.15. The van der Waals surface area contributed by atoms with Gasteiger partial charge in [0.15, 0.2) is 17.3 Å². The first-order chi connectivity index (χ1) is 9.70. The van der Waals surface area contributed by atoms with Gasteiger partial charge < -0.3 is 15.2 Å². The van der Waals surface area contributed by atoms with Crippen LogP contribution in [-0.4, -0.2) is 38.3 Å². The minimum Gasteiger partial charge on any atom is -0.489 e. The minimum atomic E-state index is -0.346. The van der Waals surface area contributed by atoms with Gasteiger partial charge in [0.25, 0.3) is 0 Å². The molecule has 20 heavy (non-hydrogen) atoms. The smallest absolute Gasteiger partial charge is 0.197 e. The Morgan fingerprint density at radius 2 is 2.05 bits per heavy atom. The molecule has 110 valence electrons. The quantitative estimate of drug-likeness (QED) is 0.899. The van der Waals surface area contributed by atoms with E-state index in [9.17, 15) is 4.39 Å². The van der Waals surface area contributed by atoms with Gasteiger partial charge in [-0.25, -0.2) is 4.39 Å². The highest BCUT2D eigenvalue weighted by Gasteiger charge is 2.33. The van der Waals surface area contributed by atoms with E-state index < -0.39 is 0 Å². The van der Waals surface area contributed by atoms with E-state index in [2.05, 4.69) is 11.9 Å². The fourth-order valence-electron chi connectivity index (χ4n) is 3.15. The molecule has 2 unspecified atom stereocenters. The molecule has 0 aliphatic carbocycles. The summed E-state index contributed by atoms with van der Waals surface area (Å²) in [6.45, 7) is 2.72. The maximum atomic E-state index is 13.9. The van der Waals surface area contributed by atoms with Crippen molar-refractivity contribution < 1.29 is 13.9 Å². The normalized spacial score (nSPS) is 26.6. The summed E-state index contributed by atoms with van der Waals surface area (Å²) in [5, 5.41) is 0. The Morgan fingerprint density at radius 3 is 2.75 bits per heavy atom. The van der Waals surface area contributed by atoms with Gasteiger partial charge in [0, 0.05) is 24.6 Å². The third-order valence-electron chi connectivity index (χ3n) is 4.20. The zero-order chi connectivity index (χ0) is 14.1. The van der Waals surface area contributed by atoms with Crippen molar-refractivity contribution in [2.24, 2.45) is 11.7 Å². The number of likely N-dealkylation sites (tertiary alicyclic amines) is 1. The first kappa shape index (κ1) is 13.6. The van der Waals surface area contributed by atoms with Gasteiger partial charge in [0.2, 0.25) is 0 Å². The summed E-state index contributed by atoms with van der Waals surface area (Å²) in [6.07, 6.45) is 1.76. The Balaban J connectivity index is 1.98. The van der Waals surface area contributed by atoms with Crippen LogP contribution < -0.4 is 15.2 Å². The summed E-state index contributed by atoms with van der Waals surface area (Å²) < 4.78 is 25.2. The van der Waals surface area contributed by atoms with E-state index in [1.807, 2.05) is 6.07 Å². The first-order valence-electron chi connectivity index (χ1n) is 7.19. The summed E-state index contributed by atoms with van der Waals surface area (Å²) in [5.41, 5.74) is 6.80. The molecule has 1 aromatic rings. The van der Waals surface area contributed by atoms with Crippen LogP contribution in [0, 0.1) is 11.7 Å². The van der Waals surface area contributed by atoms with Gasteiger partial charge in [-0.2, -0.15) is 0 Å². The Hall–Kier alpha value is -1.33. The number of hydrogen-bond donors (Lipinski definition) is 1. The average molecular weight is 280 g/mol. The topological polar surface area (TPSA) is 47.7 Å². The summed E-state index contributed by atoms with van der Waals surface area (Å²) >= 11 is 0. The van der Waals surface area contributed by atoms with Gasteiger partial charge in [-0.05, 0) is 32.0 Å². The molecule has 1 saturated heterocycles. The lowest BCUT2D eigenvalue weighted by molar-refractivity contribution is 0.282. The molecule has 0 spiro atoms. The predicted molar refractivity (Wildman–Crippen MR) is 74.5 cm³/mol. The largest absolute Gasteiger partial charge is 0.489 e. The first-order valence-corrected chi connectivity index (χ1v) is 7.19. The van der Waals surface area contributed by atoms with E-state index in [4.69, 9.17) is 15.2 Å². The molecule has 2 aliphatic rings. The van der Waals surface area contributed by atoms with Crippen molar-refractivity contribution in [1.29, 1.82) is 0 Å². The lowest BCUT2D eigenvalue weighted by atomic mass is 9.98. The van der Waals surface area contributed by atoms with Gasteiger partial charge in [0.1, 0.15) is 0 Å². The number of fused-ring (bicyclic) bond motifs is 1. The van der Waals surface area contributed by atoms with Gasteiger partial charge in [-0.15, -0.1) is 0 Å². The van der Waals surface area contributed by atoms with E-state index in [0.29, 0.717) is 31.4 Å².